The van der Waals surface area contributed by atoms with Gasteiger partial charge < -0.3 is 9.64 Å². The number of hydrogen-bond acceptors (Lipinski definition) is 4. The second-order valence-electron chi connectivity index (χ2n) is 7.45. The van der Waals surface area contributed by atoms with Crippen molar-refractivity contribution in [1.82, 2.24) is 4.31 Å². The zero-order valence-electron chi connectivity index (χ0n) is 17.4. The maximum atomic E-state index is 13.3. The van der Waals surface area contributed by atoms with Gasteiger partial charge in [0, 0.05) is 37.9 Å². The summed E-state index contributed by atoms with van der Waals surface area (Å²) in [5.41, 5.74) is 5.40. The Labute approximate surface area is 169 Å². The zero-order valence-corrected chi connectivity index (χ0v) is 18.3. The summed E-state index contributed by atoms with van der Waals surface area (Å²) in [5, 5.41) is 0. The highest BCUT2D eigenvalue weighted by Crippen LogP contribution is 2.30. The molecule has 0 unspecified atom stereocenters. The molecule has 0 aliphatic carbocycles. The van der Waals surface area contributed by atoms with E-state index in [0.29, 0.717) is 43.4 Å². The van der Waals surface area contributed by atoms with Gasteiger partial charge in [-0.25, -0.2) is 8.42 Å². The van der Waals surface area contributed by atoms with Crippen LogP contribution in [0.2, 0.25) is 0 Å². The molecule has 2 aromatic carbocycles. The van der Waals surface area contributed by atoms with Crippen molar-refractivity contribution < 1.29 is 13.2 Å². The van der Waals surface area contributed by atoms with Crippen molar-refractivity contribution in [2.45, 2.75) is 39.5 Å². The summed E-state index contributed by atoms with van der Waals surface area (Å²) in [6.07, 6.45) is 0. The van der Waals surface area contributed by atoms with E-state index in [-0.39, 0.29) is 0 Å². The van der Waals surface area contributed by atoms with Crippen molar-refractivity contribution in [2.24, 2.45) is 0 Å². The van der Waals surface area contributed by atoms with E-state index in [9.17, 15) is 8.42 Å². The lowest BCUT2D eigenvalue weighted by Gasteiger charge is -2.37. The van der Waals surface area contributed by atoms with Gasteiger partial charge in [-0.3, -0.25) is 0 Å². The van der Waals surface area contributed by atoms with Crippen LogP contribution in [0.15, 0.2) is 35.2 Å². The van der Waals surface area contributed by atoms with Crippen molar-refractivity contribution in [2.75, 3.05) is 37.7 Å². The van der Waals surface area contributed by atoms with Gasteiger partial charge in [0.2, 0.25) is 10.0 Å². The maximum absolute atomic E-state index is 13.3. The van der Waals surface area contributed by atoms with E-state index in [1.54, 1.807) is 10.4 Å². The molecule has 1 aliphatic rings. The number of para-hydroxylation sites is 1. The third-order valence-corrected chi connectivity index (χ3v) is 7.43. The quantitative estimate of drug-likeness (QED) is 0.763. The molecule has 152 valence electrons. The summed E-state index contributed by atoms with van der Waals surface area (Å²) in [5.74, 6) is 0.640. The first-order valence-corrected chi connectivity index (χ1v) is 11.2. The molecule has 0 N–H and O–H groups in total. The Morgan fingerprint density at radius 1 is 0.893 bits per heavy atom. The van der Waals surface area contributed by atoms with E-state index in [1.165, 1.54) is 16.8 Å². The van der Waals surface area contributed by atoms with Gasteiger partial charge in [0.1, 0.15) is 5.75 Å². The number of hydrogen-bond donors (Lipinski definition) is 0. The lowest BCUT2D eigenvalue weighted by Crippen LogP contribution is -2.49. The molecule has 0 atom stereocenters. The average Bonchev–Trinajstić information content (AvgIpc) is 2.64. The normalized spacial score (nSPS) is 15.7. The summed E-state index contributed by atoms with van der Waals surface area (Å²) in [6.45, 7) is 12.8. The summed E-state index contributed by atoms with van der Waals surface area (Å²) in [6, 6.07) is 9.85. The van der Waals surface area contributed by atoms with Crippen LogP contribution < -0.4 is 9.64 Å². The zero-order chi connectivity index (χ0) is 20.5. The summed E-state index contributed by atoms with van der Waals surface area (Å²) in [4.78, 5) is 2.65. The highest BCUT2D eigenvalue weighted by Gasteiger charge is 2.31. The van der Waals surface area contributed by atoms with Crippen LogP contribution in [0.25, 0.3) is 0 Å². The van der Waals surface area contributed by atoms with E-state index in [4.69, 9.17) is 4.74 Å². The molecule has 3 rings (SSSR count). The molecule has 1 fully saturated rings. The molecule has 1 aliphatic heterocycles. The van der Waals surface area contributed by atoms with Crippen molar-refractivity contribution in [3.05, 3.63) is 52.6 Å². The number of aryl methyl sites for hydroxylation is 4. The minimum absolute atomic E-state index is 0.349. The van der Waals surface area contributed by atoms with Gasteiger partial charge in [0.05, 0.1) is 11.5 Å². The first kappa shape index (κ1) is 20.7. The number of rotatable bonds is 5. The van der Waals surface area contributed by atoms with Gasteiger partial charge in [-0.05, 0) is 56.9 Å². The molecule has 6 heteroatoms. The molecule has 0 spiro atoms. The third kappa shape index (κ3) is 3.89. The molecule has 0 saturated carbocycles. The van der Waals surface area contributed by atoms with Crippen LogP contribution in [0, 0.1) is 27.7 Å². The monoisotopic (exact) mass is 402 g/mol. The molecule has 28 heavy (non-hydrogen) atoms. The lowest BCUT2D eigenvalue weighted by atomic mass is 10.1. The predicted molar refractivity (Wildman–Crippen MR) is 114 cm³/mol. The Morgan fingerprint density at radius 3 is 2.07 bits per heavy atom. The third-order valence-electron chi connectivity index (χ3n) is 5.38. The fraction of sp³-hybridized carbons (Fsp3) is 0.455. The molecule has 1 saturated heterocycles. The Kier molecular flexibility index (Phi) is 6.01. The number of piperazine rings is 1. The van der Waals surface area contributed by atoms with Crippen LogP contribution in [0.3, 0.4) is 0 Å². The number of nitrogens with zero attached hydrogens (tertiary/aromatic N) is 2. The molecule has 5 nitrogen and oxygen atoms in total. The van der Waals surface area contributed by atoms with E-state index in [0.717, 1.165) is 11.1 Å². The largest absolute Gasteiger partial charge is 0.494 e. The molecule has 0 aromatic heterocycles. The Hall–Kier alpha value is -2.05. The van der Waals surface area contributed by atoms with Crippen LogP contribution >= 0.6 is 0 Å². The molecule has 0 amide bonds. The highest BCUT2D eigenvalue weighted by molar-refractivity contribution is 7.89. The first-order chi connectivity index (χ1) is 13.3. The minimum atomic E-state index is -3.55. The Balaban J connectivity index is 1.83. The smallest absolute Gasteiger partial charge is 0.243 e. The first-order valence-electron chi connectivity index (χ1n) is 9.81. The van der Waals surface area contributed by atoms with Crippen LogP contribution in [0.4, 0.5) is 5.69 Å². The lowest BCUT2D eigenvalue weighted by molar-refractivity contribution is 0.336. The Bertz CT molecular complexity index is 942. The standard InChI is InChI=1S/C22H30N2O3S/c1-6-27-20-15-21(19(5)14-18(20)4)28(25,26)24-12-10-23(11-13-24)22-16(2)8-7-9-17(22)3/h7-9,14-15H,6,10-13H2,1-5H3. The number of benzene rings is 2. The number of sulfonamides is 1. The maximum Gasteiger partial charge on any atom is 0.243 e. The second kappa shape index (κ2) is 8.13. The fourth-order valence-electron chi connectivity index (χ4n) is 4.00. The highest BCUT2D eigenvalue weighted by atomic mass is 32.2. The van der Waals surface area contributed by atoms with Gasteiger partial charge in [-0.2, -0.15) is 4.31 Å². The van der Waals surface area contributed by atoms with E-state index >= 15 is 0 Å². The molecule has 1 heterocycles. The average molecular weight is 403 g/mol. The van der Waals surface area contributed by atoms with Gasteiger partial charge in [0.25, 0.3) is 0 Å². The van der Waals surface area contributed by atoms with Gasteiger partial charge in [0.15, 0.2) is 0 Å². The Morgan fingerprint density at radius 2 is 1.50 bits per heavy atom. The SMILES string of the molecule is CCOc1cc(S(=O)(=O)N2CCN(c3c(C)cccc3C)CC2)c(C)cc1C. The summed E-state index contributed by atoms with van der Waals surface area (Å²) in [7, 11) is -3.55. The van der Waals surface area contributed by atoms with Gasteiger partial charge in [-0.15, -0.1) is 0 Å². The topological polar surface area (TPSA) is 49.9 Å². The summed E-state index contributed by atoms with van der Waals surface area (Å²) < 4.78 is 33.8. The summed E-state index contributed by atoms with van der Waals surface area (Å²) >= 11 is 0. The van der Waals surface area contributed by atoms with Crippen molar-refractivity contribution in [3.63, 3.8) is 0 Å². The van der Waals surface area contributed by atoms with Gasteiger partial charge >= 0.3 is 0 Å². The van der Waals surface area contributed by atoms with E-state index < -0.39 is 10.0 Å². The minimum Gasteiger partial charge on any atom is -0.494 e. The van der Waals surface area contributed by atoms with Crippen LogP contribution in [0.1, 0.15) is 29.2 Å². The molecular formula is C22H30N2O3S. The second-order valence-corrected chi connectivity index (χ2v) is 9.35. The molecule has 0 radical (unpaired) electrons. The van der Waals surface area contributed by atoms with Crippen molar-refractivity contribution in [3.8, 4) is 5.75 Å². The van der Waals surface area contributed by atoms with E-state index in [1.807, 2.05) is 26.8 Å². The van der Waals surface area contributed by atoms with E-state index in [2.05, 4.69) is 36.9 Å². The molecule has 0 bridgehead atoms. The predicted octanol–water partition coefficient (Wildman–Crippen LogP) is 3.83. The molecular weight excluding hydrogens is 372 g/mol. The van der Waals surface area contributed by atoms with Crippen LogP contribution in [0.5, 0.6) is 5.75 Å². The molecule has 2 aromatic rings. The van der Waals surface area contributed by atoms with Crippen LogP contribution in [-0.4, -0.2) is 45.5 Å². The number of anilines is 1. The van der Waals surface area contributed by atoms with Crippen molar-refractivity contribution >= 4 is 15.7 Å². The number of ether oxygens (including phenoxy) is 1. The van der Waals surface area contributed by atoms with Crippen LogP contribution in [-0.2, 0) is 10.0 Å². The van der Waals surface area contributed by atoms with Crippen molar-refractivity contribution in [1.29, 1.82) is 0 Å². The fourth-order valence-corrected chi connectivity index (χ4v) is 5.64. The van der Waals surface area contributed by atoms with Gasteiger partial charge in [-0.1, -0.05) is 24.3 Å².